The van der Waals surface area contributed by atoms with Crippen molar-refractivity contribution in [1.82, 2.24) is 0 Å². The first kappa shape index (κ1) is 35.7. The predicted octanol–water partition coefficient (Wildman–Crippen LogP) is 10.0. The number of rotatable bonds is 8. The minimum absolute atomic E-state index is 0.0541. The fraction of sp³-hybridized carbons (Fsp3) is 0.667. The summed E-state index contributed by atoms with van der Waals surface area (Å²) in [5, 5.41) is 26.4. The first-order valence-corrected chi connectivity index (χ1v) is 25.3. The van der Waals surface area contributed by atoms with E-state index in [1.807, 2.05) is 0 Å². The second-order valence-electron chi connectivity index (χ2n) is 16.8. The van der Waals surface area contributed by atoms with Gasteiger partial charge in [0.25, 0.3) is 0 Å². The summed E-state index contributed by atoms with van der Waals surface area (Å²) in [7, 11) is -3.39. The lowest BCUT2D eigenvalue weighted by atomic mass is 9.86. The highest BCUT2D eigenvalue weighted by molar-refractivity contribution is 8.03. The monoisotopic (exact) mass is 644 g/mol. The van der Waals surface area contributed by atoms with Gasteiger partial charge in [0.05, 0.1) is 16.1 Å². The Hall–Kier alpha value is -0.826. The third-order valence-electron chi connectivity index (χ3n) is 8.77. The second kappa shape index (κ2) is 13.7. The molecule has 0 aliphatic heterocycles. The third-order valence-corrected chi connectivity index (χ3v) is 15.9. The molecule has 1 aliphatic rings. The van der Waals surface area contributed by atoms with Crippen molar-refractivity contribution < 1.29 is 10.2 Å². The maximum absolute atomic E-state index is 11.5. The van der Waals surface area contributed by atoms with Crippen LogP contribution in [0.3, 0.4) is 0 Å². The molecule has 1 aliphatic carbocycles. The van der Waals surface area contributed by atoms with Crippen molar-refractivity contribution in [2.45, 2.75) is 152 Å². The van der Waals surface area contributed by atoms with Crippen molar-refractivity contribution in [1.29, 1.82) is 0 Å². The van der Waals surface area contributed by atoms with Crippen molar-refractivity contribution >= 4 is 50.0 Å². The summed E-state index contributed by atoms with van der Waals surface area (Å²) in [6, 6.07) is 9.14. The lowest BCUT2D eigenvalue weighted by molar-refractivity contribution is 0.472. The molecule has 0 bridgehead atoms. The molecule has 2 aromatic carbocycles. The van der Waals surface area contributed by atoms with Gasteiger partial charge in [0.2, 0.25) is 0 Å². The van der Waals surface area contributed by atoms with Crippen LogP contribution in [0.15, 0.2) is 24.3 Å². The molecule has 42 heavy (non-hydrogen) atoms. The number of aromatic hydroxyl groups is 2. The first-order chi connectivity index (χ1) is 19.2. The summed E-state index contributed by atoms with van der Waals surface area (Å²) in [4.78, 5) is 0. The van der Waals surface area contributed by atoms with E-state index in [-0.39, 0.29) is 10.8 Å². The topological polar surface area (TPSA) is 40.5 Å². The molecule has 0 radical (unpaired) electrons. The SMILES string of the molecule is CC(C)(C)c1cc(CSC2CCCCCC[C@@H]2SCc2cc(C(C)(C)C)cc([Si](C)(C)C)c2O)c(O)c([Si](C)(C)C)c1. The van der Waals surface area contributed by atoms with E-state index in [0.717, 1.165) is 22.6 Å². The lowest BCUT2D eigenvalue weighted by Crippen LogP contribution is -2.39. The zero-order chi connectivity index (χ0) is 31.7. The highest BCUT2D eigenvalue weighted by Crippen LogP contribution is 2.40. The molecule has 1 fully saturated rings. The largest absolute Gasteiger partial charge is 0.508 e. The minimum Gasteiger partial charge on any atom is -0.508 e. The van der Waals surface area contributed by atoms with E-state index < -0.39 is 16.1 Å². The summed E-state index contributed by atoms with van der Waals surface area (Å²) in [6.07, 6.45) is 7.69. The molecule has 2 aromatic rings. The normalized spacial score (nSPS) is 19.4. The molecule has 1 saturated carbocycles. The van der Waals surface area contributed by atoms with E-state index in [4.69, 9.17) is 0 Å². The quantitative estimate of drug-likeness (QED) is 0.281. The van der Waals surface area contributed by atoms with Gasteiger partial charge in [-0.15, -0.1) is 0 Å². The second-order valence-corrected chi connectivity index (χ2v) is 29.3. The van der Waals surface area contributed by atoms with Gasteiger partial charge >= 0.3 is 0 Å². The Morgan fingerprint density at radius 1 is 0.595 bits per heavy atom. The third kappa shape index (κ3) is 9.34. The van der Waals surface area contributed by atoms with Gasteiger partial charge in [0.1, 0.15) is 11.5 Å². The van der Waals surface area contributed by atoms with E-state index in [1.54, 1.807) is 0 Å². The average Bonchev–Trinajstić information content (AvgIpc) is 2.81. The van der Waals surface area contributed by atoms with Crippen LogP contribution in [-0.2, 0) is 22.3 Å². The molecule has 2 N–H and O–H groups in total. The molecule has 1 unspecified atom stereocenters. The number of thioether (sulfide) groups is 2. The molecule has 0 heterocycles. The van der Waals surface area contributed by atoms with Gasteiger partial charge in [-0.2, -0.15) is 23.5 Å². The van der Waals surface area contributed by atoms with Crippen molar-refractivity contribution in [2.75, 3.05) is 0 Å². The Labute approximate surface area is 269 Å². The van der Waals surface area contributed by atoms with E-state index in [0.29, 0.717) is 22.0 Å². The number of benzene rings is 2. The van der Waals surface area contributed by atoms with E-state index in [1.165, 1.54) is 60.0 Å². The van der Waals surface area contributed by atoms with Crippen LogP contribution in [0.25, 0.3) is 0 Å². The molecule has 2 nitrogen and oxygen atoms in total. The van der Waals surface area contributed by atoms with Crippen LogP contribution in [0.5, 0.6) is 11.5 Å². The molecule has 3 rings (SSSR count). The molecule has 236 valence electrons. The van der Waals surface area contributed by atoms with E-state index in [9.17, 15) is 10.2 Å². The molecule has 6 heteroatoms. The van der Waals surface area contributed by atoms with Gasteiger partial charge in [-0.05, 0) is 45.2 Å². The molecule has 0 saturated heterocycles. The van der Waals surface area contributed by atoms with Gasteiger partial charge in [0.15, 0.2) is 0 Å². The van der Waals surface area contributed by atoms with Gasteiger partial charge in [-0.3, -0.25) is 0 Å². The number of phenolic OH excluding ortho intramolecular Hbond substituents is 2. The van der Waals surface area contributed by atoms with Crippen molar-refractivity contribution in [2.24, 2.45) is 0 Å². The fourth-order valence-electron chi connectivity index (χ4n) is 5.81. The van der Waals surface area contributed by atoms with Gasteiger partial charge in [-0.1, -0.05) is 131 Å². The molecular formula is C36H60O2S2Si2. The molecule has 0 aromatic heterocycles. The van der Waals surface area contributed by atoms with Crippen molar-refractivity contribution in [3.63, 3.8) is 0 Å². The molecule has 0 spiro atoms. The van der Waals surface area contributed by atoms with Crippen LogP contribution >= 0.6 is 23.5 Å². The lowest BCUT2D eigenvalue weighted by Gasteiger charge is -2.31. The summed E-state index contributed by atoms with van der Waals surface area (Å²) < 4.78 is 0. The van der Waals surface area contributed by atoms with Crippen molar-refractivity contribution in [3.05, 3.63) is 46.5 Å². The zero-order valence-corrected chi connectivity index (χ0v) is 32.5. The maximum atomic E-state index is 11.5. The summed E-state index contributed by atoms with van der Waals surface area (Å²) >= 11 is 4.13. The Kier molecular flexibility index (Phi) is 11.6. The highest BCUT2D eigenvalue weighted by atomic mass is 32.2. The van der Waals surface area contributed by atoms with Crippen LogP contribution in [0.4, 0.5) is 0 Å². The minimum atomic E-state index is -1.69. The molecule has 2 atom stereocenters. The predicted molar refractivity (Wildman–Crippen MR) is 197 cm³/mol. The zero-order valence-electron chi connectivity index (χ0n) is 28.8. The Bertz CT molecular complexity index is 1120. The number of phenols is 2. The molecule has 0 amide bonds. The van der Waals surface area contributed by atoms with Crippen LogP contribution in [0.2, 0.25) is 39.3 Å². The van der Waals surface area contributed by atoms with Crippen molar-refractivity contribution in [3.8, 4) is 11.5 Å². The number of hydrogen-bond donors (Lipinski definition) is 2. The number of hydrogen-bond acceptors (Lipinski definition) is 4. The Balaban J connectivity index is 1.89. The molecular weight excluding hydrogens is 585 g/mol. The summed E-state index contributed by atoms with van der Waals surface area (Å²) in [5.41, 5.74) is 5.02. The van der Waals surface area contributed by atoms with Gasteiger partial charge in [-0.25, -0.2) is 0 Å². The fourth-order valence-corrected chi connectivity index (χ4v) is 11.8. The van der Waals surface area contributed by atoms with Crippen LogP contribution in [0, 0.1) is 0 Å². The van der Waals surface area contributed by atoms with E-state index in [2.05, 4.69) is 129 Å². The Morgan fingerprint density at radius 2 is 0.929 bits per heavy atom. The van der Waals surface area contributed by atoms with E-state index >= 15 is 0 Å². The smallest absolute Gasteiger partial charge is 0.118 e. The average molecular weight is 645 g/mol. The summed E-state index contributed by atoms with van der Waals surface area (Å²) in [5.74, 6) is 2.82. The Morgan fingerprint density at radius 3 is 1.21 bits per heavy atom. The van der Waals surface area contributed by atoms with Gasteiger partial charge in [0, 0.05) is 33.1 Å². The van der Waals surface area contributed by atoms with Crippen LogP contribution in [0.1, 0.15) is 102 Å². The first-order valence-electron chi connectivity index (χ1n) is 16.2. The summed E-state index contributed by atoms with van der Waals surface area (Å²) in [6.45, 7) is 27.7. The maximum Gasteiger partial charge on any atom is 0.118 e. The standard InChI is InChI=1S/C36H60O2S2Si2/c1-35(2,3)27-19-25(33(37)31(21-27)41(7,8)9)23-39-29-17-15-13-14-16-18-30(29)40-24-26-20-28(36(4,5)6)22-32(34(26)38)42(10,11)12/h19-22,29-30,37-38H,13-18,23-24H2,1-12H3/t29-,30?/m0/s1. The highest BCUT2D eigenvalue weighted by Gasteiger charge is 2.30. The van der Waals surface area contributed by atoms with Gasteiger partial charge < -0.3 is 10.2 Å². The van der Waals surface area contributed by atoms with Crippen LogP contribution in [-0.4, -0.2) is 36.9 Å². The van der Waals surface area contributed by atoms with Crippen LogP contribution < -0.4 is 10.4 Å².